The normalized spacial score (nSPS) is 10.8. The number of sulfonamides is 1. The summed E-state index contributed by atoms with van der Waals surface area (Å²) in [5.41, 5.74) is 1.92. The van der Waals surface area contributed by atoms with E-state index in [0.29, 0.717) is 5.69 Å². The van der Waals surface area contributed by atoms with Crippen LogP contribution in [0, 0.1) is 11.3 Å². The van der Waals surface area contributed by atoms with Crippen LogP contribution in [-0.4, -0.2) is 20.9 Å². The number of hydrogen-bond donors (Lipinski definition) is 2. The Morgan fingerprint density at radius 1 is 1.17 bits per heavy atom. The molecular weight excluding hydrogens is 326 g/mol. The van der Waals surface area contributed by atoms with Gasteiger partial charge in [0, 0.05) is 5.69 Å². The first-order chi connectivity index (χ1) is 11.4. The van der Waals surface area contributed by atoms with Gasteiger partial charge in [0.05, 0.1) is 23.1 Å². The molecule has 2 N–H and O–H groups in total. The fourth-order valence-corrected chi connectivity index (χ4v) is 3.08. The molecule has 0 radical (unpaired) electrons. The van der Waals surface area contributed by atoms with Gasteiger partial charge in [-0.05, 0) is 42.3 Å². The zero-order valence-electron chi connectivity index (χ0n) is 13.1. The summed E-state index contributed by atoms with van der Waals surface area (Å²) in [4.78, 5) is 11.9. The fourth-order valence-electron chi connectivity index (χ4n) is 2.05. The molecule has 124 valence electrons. The third-order valence-electron chi connectivity index (χ3n) is 3.32. The van der Waals surface area contributed by atoms with E-state index in [4.69, 9.17) is 5.26 Å². The maximum Gasteiger partial charge on any atom is 0.241 e. The van der Waals surface area contributed by atoms with Gasteiger partial charge >= 0.3 is 0 Å². The van der Waals surface area contributed by atoms with Crippen molar-refractivity contribution in [2.75, 3.05) is 11.9 Å². The molecule has 2 rings (SSSR count). The molecule has 1 amide bonds. The van der Waals surface area contributed by atoms with Gasteiger partial charge in [-0.3, -0.25) is 4.79 Å². The Morgan fingerprint density at radius 3 is 2.62 bits per heavy atom. The molecule has 0 unspecified atom stereocenters. The molecule has 0 heterocycles. The lowest BCUT2D eigenvalue weighted by Crippen LogP contribution is -2.32. The monoisotopic (exact) mass is 343 g/mol. The highest BCUT2D eigenvalue weighted by atomic mass is 32.2. The van der Waals surface area contributed by atoms with Crippen molar-refractivity contribution in [1.29, 1.82) is 5.26 Å². The molecule has 2 aromatic carbocycles. The topological polar surface area (TPSA) is 99.1 Å². The van der Waals surface area contributed by atoms with E-state index in [1.165, 1.54) is 24.3 Å². The van der Waals surface area contributed by atoms with E-state index in [-0.39, 0.29) is 10.5 Å². The predicted octanol–water partition coefficient (Wildman–Crippen LogP) is 2.04. The Kier molecular flexibility index (Phi) is 5.68. The molecule has 0 saturated heterocycles. The highest BCUT2D eigenvalue weighted by molar-refractivity contribution is 7.89. The van der Waals surface area contributed by atoms with Gasteiger partial charge in [0.15, 0.2) is 0 Å². The molecule has 0 aliphatic rings. The molecule has 0 aliphatic heterocycles. The predicted molar refractivity (Wildman–Crippen MR) is 90.8 cm³/mol. The van der Waals surface area contributed by atoms with Crippen molar-refractivity contribution in [3.8, 4) is 6.07 Å². The molecule has 24 heavy (non-hydrogen) atoms. The van der Waals surface area contributed by atoms with E-state index in [2.05, 4.69) is 10.0 Å². The summed E-state index contributed by atoms with van der Waals surface area (Å²) < 4.78 is 26.5. The summed E-state index contributed by atoms with van der Waals surface area (Å²) in [6.45, 7) is 1.61. The van der Waals surface area contributed by atoms with Crippen LogP contribution in [0.1, 0.15) is 18.1 Å². The van der Waals surface area contributed by atoms with Gasteiger partial charge < -0.3 is 5.32 Å². The Labute approximate surface area is 141 Å². The van der Waals surface area contributed by atoms with Crippen LogP contribution in [-0.2, 0) is 21.2 Å². The average Bonchev–Trinajstić information content (AvgIpc) is 2.60. The second-order valence-electron chi connectivity index (χ2n) is 5.07. The van der Waals surface area contributed by atoms with E-state index in [0.717, 1.165) is 12.0 Å². The van der Waals surface area contributed by atoms with Gasteiger partial charge in [-0.15, -0.1) is 0 Å². The van der Waals surface area contributed by atoms with Crippen LogP contribution in [0.4, 0.5) is 5.69 Å². The largest absolute Gasteiger partial charge is 0.325 e. The SMILES string of the molecule is CCc1cccc(NC(=O)CNS(=O)(=O)c2cccc(C#N)c2)c1. The standard InChI is InChI=1S/C17H17N3O3S/c1-2-13-5-3-7-15(9-13)20-17(21)12-19-24(22,23)16-8-4-6-14(10-16)11-18/h3-10,19H,2,12H2,1H3,(H,20,21). The van der Waals surface area contributed by atoms with Gasteiger partial charge in [-0.1, -0.05) is 25.1 Å². The number of aryl methyl sites for hydroxylation is 1. The minimum atomic E-state index is -3.85. The summed E-state index contributed by atoms with van der Waals surface area (Å²) in [6.07, 6.45) is 0.839. The number of nitrogens with one attached hydrogen (secondary N) is 2. The molecule has 0 atom stereocenters. The molecule has 0 aromatic heterocycles. The van der Waals surface area contributed by atoms with Crippen LogP contribution in [0.5, 0.6) is 0 Å². The Hall–Kier alpha value is -2.69. The second-order valence-corrected chi connectivity index (χ2v) is 6.83. The number of hydrogen-bond acceptors (Lipinski definition) is 4. The van der Waals surface area contributed by atoms with Gasteiger partial charge in [0.2, 0.25) is 15.9 Å². The van der Waals surface area contributed by atoms with E-state index in [1.54, 1.807) is 6.07 Å². The average molecular weight is 343 g/mol. The molecule has 7 heteroatoms. The summed E-state index contributed by atoms with van der Waals surface area (Å²) in [6, 6.07) is 14.8. The molecule has 2 aromatic rings. The molecular formula is C17H17N3O3S. The van der Waals surface area contributed by atoms with Crippen molar-refractivity contribution >= 4 is 21.6 Å². The summed E-state index contributed by atoms with van der Waals surface area (Å²) in [7, 11) is -3.85. The Bertz CT molecular complexity index is 886. The van der Waals surface area contributed by atoms with E-state index < -0.39 is 22.5 Å². The van der Waals surface area contributed by atoms with Gasteiger partial charge in [-0.25, -0.2) is 13.1 Å². The number of benzene rings is 2. The smallest absolute Gasteiger partial charge is 0.241 e. The van der Waals surface area contributed by atoms with Crippen LogP contribution in [0.3, 0.4) is 0 Å². The summed E-state index contributed by atoms with van der Waals surface area (Å²) in [5, 5.41) is 11.5. The highest BCUT2D eigenvalue weighted by Crippen LogP contribution is 2.12. The van der Waals surface area contributed by atoms with Gasteiger partial charge in [0.25, 0.3) is 0 Å². The Balaban J connectivity index is 2.01. The van der Waals surface area contributed by atoms with Crippen molar-refractivity contribution in [3.63, 3.8) is 0 Å². The molecule has 0 fully saturated rings. The van der Waals surface area contributed by atoms with Gasteiger partial charge in [0.1, 0.15) is 0 Å². The maximum atomic E-state index is 12.2. The zero-order chi connectivity index (χ0) is 17.6. The first-order valence-corrected chi connectivity index (χ1v) is 8.81. The van der Waals surface area contributed by atoms with Crippen molar-refractivity contribution in [2.45, 2.75) is 18.2 Å². The van der Waals surface area contributed by atoms with Crippen molar-refractivity contribution in [2.24, 2.45) is 0 Å². The third kappa shape index (κ3) is 4.65. The number of nitrogens with zero attached hydrogens (tertiary/aromatic N) is 1. The fraction of sp³-hybridized carbons (Fsp3) is 0.176. The van der Waals surface area contributed by atoms with Crippen LogP contribution < -0.4 is 10.0 Å². The highest BCUT2D eigenvalue weighted by Gasteiger charge is 2.16. The quantitative estimate of drug-likeness (QED) is 0.838. The molecule has 0 spiro atoms. The first kappa shape index (κ1) is 17.7. The zero-order valence-corrected chi connectivity index (χ0v) is 13.9. The number of nitriles is 1. The minimum Gasteiger partial charge on any atom is -0.325 e. The number of rotatable bonds is 6. The second kappa shape index (κ2) is 7.73. The minimum absolute atomic E-state index is 0.0534. The van der Waals surface area contributed by atoms with E-state index >= 15 is 0 Å². The summed E-state index contributed by atoms with van der Waals surface area (Å²) >= 11 is 0. The third-order valence-corrected chi connectivity index (χ3v) is 4.71. The van der Waals surface area contributed by atoms with Crippen molar-refractivity contribution in [1.82, 2.24) is 4.72 Å². The van der Waals surface area contributed by atoms with Crippen LogP contribution >= 0.6 is 0 Å². The number of carbonyl (C=O) groups is 1. The maximum absolute atomic E-state index is 12.2. The molecule has 0 aliphatic carbocycles. The van der Waals surface area contributed by atoms with E-state index in [1.807, 2.05) is 31.2 Å². The Morgan fingerprint density at radius 2 is 1.92 bits per heavy atom. The van der Waals surface area contributed by atoms with Crippen LogP contribution in [0.15, 0.2) is 53.4 Å². The van der Waals surface area contributed by atoms with Crippen LogP contribution in [0.2, 0.25) is 0 Å². The molecule has 0 saturated carbocycles. The lowest BCUT2D eigenvalue weighted by Gasteiger charge is -2.09. The first-order valence-electron chi connectivity index (χ1n) is 7.33. The lowest BCUT2D eigenvalue weighted by atomic mass is 10.1. The number of anilines is 1. The van der Waals surface area contributed by atoms with Gasteiger partial charge in [-0.2, -0.15) is 5.26 Å². The van der Waals surface area contributed by atoms with Crippen molar-refractivity contribution < 1.29 is 13.2 Å². The lowest BCUT2D eigenvalue weighted by molar-refractivity contribution is -0.115. The van der Waals surface area contributed by atoms with Crippen molar-refractivity contribution in [3.05, 3.63) is 59.7 Å². The molecule has 0 bridgehead atoms. The molecule has 6 nitrogen and oxygen atoms in total. The van der Waals surface area contributed by atoms with Crippen LogP contribution in [0.25, 0.3) is 0 Å². The van der Waals surface area contributed by atoms with E-state index in [9.17, 15) is 13.2 Å². The number of carbonyl (C=O) groups excluding carboxylic acids is 1. The summed E-state index contributed by atoms with van der Waals surface area (Å²) in [5.74, 6) is -0.469. The number of amides is 1.